The van der Waals surface area contributed by atoms with Crippen LogP contribution in [0.4, 0.5) is 13.2 Å². The number of likely N-dealkylation sites (tertiary alicyclic amines) is 1. The van der Waals surface area contributed by atoms with Crippen molar-refractivity contribution in [3.05, 3.63) is 23.9 Å². The van der Waals surface area contributed by atoms with E-state index in [0.29, 0.717) is 5.88 Å². The predicted molar refractivity (Wildman–Crippen MR) is 177 cm³/mol. The number of hydrogen-bond acceptors (Lipinski definition) is 8. The number of aliphatic hydroxyl groups excluding tert-OH is 1. The number of aromatic nitrogens is 2. The zero-order chi connectivity index (χ0) is 36.1. The number of ether oxygens (including phenoxy) is 2. The molecule has 3 N–H and O–H groups in total. The van der Waals surface area contributed by atoms with E-state index in [-0.39, 0.29) is 37.9 Å². The van der Waals surface area contributed by atoms with Gasteiger partial charge in [-0.05, 0) is 54.6 Å². The number of methoxy groups -OCH3 is 2. The number of hydrogen-bond donors (Lipinski definition) is 2. The summed E-state index contributed by atoms with van der Waals surface area (Å²) in [6.45, 7) is 7.37. The minimum absolute atomic E-state index is 0. The molecule has 2 aromatic rings. The normalized spacial score (nSPS) is 21.0. The molecule has 49 heavy (non-hydrogen) atoms. The first-order valence-electron chi connectivity index (χ1n) is 16.6. The summed E-state index contributed by atoms with van der Waals surface area (Å²) in [5.41, 5.74) is 6.10. The van der Waals surface area contributed by atoms with Gasteiger partial charge in [-0.1, -0.05) is 72.3 Å². The van der Waals surface area contributed by atoms with Crippen LogP contribution in [0, 0.1) is 23.2 Å². The quantitative estimate of drug-likeness (QED) is 0.164. The maximum Gasteiger partial charge on any atom is 0.389 e. The Kier molecular flexibility index (Phi) is 18.6. The molecule has 275 valence electrons. The first-order chi connectivity index (χ1) is 22.6. The molecule has 1 radical (unpaired) electrons. The van der Waals surface area contributed by atoms with E-state index in [2.05, 4.69) is 17.6 Å². The Hall–Kier alpha value is -2.90. The molecule has 4 rings (SSSR count). The molecular formula is C35H52F3N4O6V-. The fraction of sp³-hybridized carbons (Fsp3) is 0.686. The molecule has 1 saturated heterocycles. The van der Waals surface area contributed by atoms with Gasteiger partial charge < -0.3 is 30.0 Å². The van der Waals surface area contributed by atoms with Gasteiger partial charge in [0.2, 0.25) is 18.2 Å². The fourth-order valence-electron chi connectivity index (χ4n) is 6.34. The van der Waals surface area contributed by atoms with Crippen LogP contribution in [0.2, 0.25) is 0 Å². The van der Waals surface area contributed by atoms with Gasteiger partial charge in [0.15, 0.2) is 0 Å². The van der Waals surface area contributed by atoms with Gasteiger partial charge in [0, 0.05) is 37.6 Å². The maximum atomic E-state index is 12.4. The Bertz CT molecular complexity index is 1330. The summed E-state index contributed by atoms with van der Waals surface area (Å²) in [5, 5.41) is 9.90. The summed E-state index contributed by atoms with van der Waals surface area (Å²) < 4.78 is 48.0. The number of unbranched alkanes of at least 4 members (excludes halogenated alkanes) is 2. The van der Waals surface area contributed by atoms with Gasteiger partial charge >= 0.3 is 6.18 Å². The smallest absolute Gasteiger partial charge is 0.389 e. The predicted octanol–water partition coefficient (Wildman–Crippen LogP) is 5.96. The number of aliphatic hydroxyl groups is 1. The van der Waals surface area contributed by atoms with E-state index in [0.717, 1.165) is 52.1 Å². The van der Waals surface area contributed by atoms with Crippen LogP contribution in [0.5, 0.6) is 11.6 Å². The van der Waals surface area contributed by atoms with Crippen molar-refractivity contribution in [3.63, 3.8) is 0 Å². The number of nitrogens with two attached hydrogens (primary N) is 1. The number of alkyl halides is 3. The SMILES string of the molecule is CC(C)(C)[C@H](O)C(=O)N1CCC(CC(F)(F)F)C1[C-]=O.COc1ccc2nc(CCCCCC3CCCC3C)c(OC)nc2c1.NC=O.[V]. The van der Waals surface area contributed by atoms with Crippen LogP contribution in [-0.2, 0) is 39.4 Å². The van der Waals surface area contributed by atoms with Crippen molar-refractivity contribution in [1.29, 1.82) is 0 Å². The van der Waals surface area contributed by atoms with E-state index in [9.17, 15) is 27.9 Å². The summed E-state index contributed by atoms with van der Waals surface area (Å²) >= 11 is 0. The molecule has 10 nitrogen and oxygen atoms in total. The molecule has 4 unspecified atom stereocenters. The third kappa shape index (κ3) is 13.7. The Morgan fingerprint density at radius 2 is 1.76 bits per heavy atom. The first-order valence-corrected chi connectivity index (χ1v) is 16.6. The monoisotopic (exact) mass is 732 g/mol. The number of carbonyl (C=O) groups is 2. The van der Waals surface area contributed by atoms with E-state index < -0.39 is 42.0 Å². The van der Waals surface area contributed by atoms with Gasteiger partial charge in [0.1, 0.15) is 17.5 Å². The topological polar surface area (TPSA) is 145 Å². The molecule has 1 aromatic heterocycles. The van der Waals surface area contributed by atoms with Crippen molar-refractivity contribution in [3.8, 4) is 11.6 Å². The number of nitrogens with zero attached hydrogens (tertiary/aromatic N) is 3. The molecule has 1 aliphatic heterocycles. The standard InChI is InChI=1S/C21H30N2O2.C13H19F3NO3.CH3NO.V/c1-15-8-7-10-16(15)9-5-4-6-11-19-21(25-3)23-20-14-17(24-2)12-13-18(20)22-19;1-12(2,3)10(19)11(20)17-5-4-8(9(17)7-18)6-13(14,15)16;2-1-3;/h12-16H,4-11H2,1-3H3;8-10,19H,4-6H2,1-3H3;1H,(H2,2,3);/q;-1;;/t;8?,9?,10-;;/m.1../s1. The summed E-state index contributed by atoms with van der Waals surface area (Å²) in [6, 6.07) is 4.56. The Balaban J connectivity index is 0.000000455. The van der Waals surface area contributed by atoms with Gasteiger partial charge in [-0.25, -0.2) is 16.3 Å². The average Bonchev–Trinajstić information content (AvgIpc) is 3.63. The zero-order valence-corrected chi connectivity index (χ0v) is 30.9. The number of fused-ring (bicyclic) bond motifs is 1. The van der Waals surface area contributed by atoms with Crippen LogP contribution in [0.15, 0.2) is 18.2 Å². The van der Waals surface area contributed by atoms with Crippen molar-refractivity contribution in [2.45, 2.75) is 110 Å². The first kappa shape index (κ1) is 44.1. The second-order valence-corrected chi connectivity index (χ2v) is 13.7. The number of primary amides is 1. The van der Waals surface area contributed by atoms with Crippen molar-refractivity contribution in [1.82, 2.24) is 14.9 Å². The van der Waals surface area contributed by atoms with Crippen LogP contribution >= 0.6 is 0 Å². The number of aryl methyl sites for hydroxylation is 1. The molecule has 2 amide bonds. The van der Waals surface area contributed by atoms with Gasteiger partial charge in [-0.2, -0.15) is 13.2 Å². The Labute approximate surface area is 300 Å². The van der Waals surface area contributed by atoms with E-state index >= 15 is 0 Å². The summed E-state index contributed by atoms with van der Waals surface area (Å²) in [6.07, 6.45) is 5.34. The van der Waals surface area contributed by atoms with Crippen LogP contribution in [0.3, 0.4) is 0 Å². The number of amides is 2. The molecule has 0 spiro atoms. The van der Waals surface area contributed by atoms with Gasteiger partial charge in [-0.15, -0.1) is 0 Å². The summed E-state index contributed by atoms with van der Waals surface area (Å²) in [5.74, 6) is 1.63. The third-order valence-electron chi connectivity index (χ3n) is 9.10. The Morgan fingerprint density at radius 3 is 2.29 bits per heavy atom. The average molecular weight is 733 g/mol. The largest absolute Gasteiger partial charge is 0.540 e. The van der Waals surface area contributed by atoms with Crippen LogP contribution in [0.1, 0.15) is 91.2 Å². The molecule has 0 bridgehead atoms. The van der Waals surface area contributed by atoms with Crippen LogP contribution in [0.25, 0.3) is 11.0 Å². The second-order valence-electron chi connectivity index (χ2n) is 13.7. The van der Waals surface area contributed by atoms with Gasteiger partial charge in [0.25, 0.3) is 0 Å². The molecule has 5 atom stereocenters. The molecule has 2 fully saturated rings. The maximum absolute atomic E-state index is 12.4. The number of carbonyl (C=O) groups excluding carboxylic acids is 3. The van der Waals surface area contributed by atoms with E-state index in [1.807, 2.05) is 18.2 Å². The molecule has 1 saturated carbocycles. The third-order valence-corrected chi connectivity index (χ3v) is 9.10. The fourth-order valence-corrected chi connectivity index (χ4v) is 6.34. The molecule has 1 aromatic carbocycles. The Morgan fingerprint density at radius 1 is 1.08 bits per heavy atom. The van der Waals surface area contributed by atoms with Crippen LogP contribution < -0.4 is 15.2 Å². The van der Waals surface area contributed by atoms with E-state index in [1.165, 1.54) is 44.8 Å². The minimum Gasteiger partial charge on any atom is -0.540 e. The van der Waals surface area contributed by atoms with Crippen LogP contribution in [-0.4, -0.2) is 77.7 Å². The summed E-state index contributed by atoms with van der Waals surface area (Å²) in [7, 11) is 3.33. The number of benzene rings is 1. The second kappa shape index (κ2) is 20.7. The van der Waals surface area contributed by atoms with Crippen molar-refractivity contribution >= 4 is 29.6 Å². The van der Waals surface area contributed by atoms with Crippen molar-refractivity contribution < 1.29 is 60.7 Å². The van der Waals surface area contributed by atoms with Gasteiger partial charge in [-0.3, -0.25) is 9.59 Å². The molecule has 2 aliphatic rings. The summed E-state index contributed by atoms with van der Waals surface area (Å²) in [4.78, 5) is 42.0. The molecule has 2 heterocycles. The minimum atomic E-state index is -4.39. The number of halogens is 3. The molecule has 14 heteroatoms. The molecule has 1 aliphatic carbocycles. The van der Waals surface area contributed by atoms with E-state index in [1.54, 1.807) is 35.0 Å². The van der Waals surface area contributed by atoms with Crippen molar-refractivity contribution in [2.75, 3.05) is 20.8 Å². The van der Waals surface area contributed by atoms with E-state index in [4.69, 9.17) is 19.3 Å². The van der Waals surface area contributed by atoms with Crippen molar-refractivity contribution in [2.24, 2.45) is 28.9 Å². The molecular weight excluding hydrogens is 680 g/mol. The number of rotatable bonds is 11. The van der Waals surface area contributed by atoms with Gasteiger partial charge in [0.05, 0.1) is 25.3 Å². The zero-order valence-electron chi connectivity index (χ0n) is 29.5.